The van der Waals surface area contributed by atoms with Gasteiger partial charge >= 0.3 is 13.2 Å². The number of halogens is 5. The highest BCUT2D eigenvalue weighted by molar-refractivity contribution is 5.92. The third-order valence-electron chi connectivity index (χ3n) is 5.04. The maximum absolute atomic E-state index is 13.0. The molecular weight excluding hydrogens is 463 g/mol. The number of hydrogen-bond acceptors (Lipinski definition) is 4. The Morgan fingerprint density at radius 2 is 1.50 bits per heavy atom. The first-order valence-corrected chi connectivity index (χ1v) is 10.2. The summed E-state index contributed by atoms with van der Waals surface area (Å²) in [4.78, 5) is 28.0. The van der Waals surface area contributed by atoms with Gasteiger partial charge in [0.2, 0.25) is 11.8 Å². The molecule has 1 aliphatic rings. The Kier molecular flexibility index (Phi) is 8.44. The molecule has 0 aromatic heterocycles. The van der Waals surface area contributed by atoms with Crippen molar-refractivity contribution in [2.45, 2.75) is 19.6 Å². The molecule has 1 fully saturated rings. The molecule has 1 saturated heterocycles. The molecule has 0 radical (unpaired) electrons. The SMILES string of the molecule is O=C(/C=C/c1ccc(OC(F)F)cc1OC(F)F)N1CCN(C(=O)Cc2ccc(F)cc2)CC1. The van der Waals surface area contributed by atoms with Gasteiger partial charge < -0.3 is 19.3 Å². The predicted octanol–water partition coefficient (Wildman–Crippen LogP) is 3.96. The molecule has 11 heteroatoms. The van der Waals surface area contributed by atoms with Gasteiger partial charge in [0, 0.05) is 43.9 Å². The highest BCUT2D eigenvalue weighted by atomic mass is 19.3. The molecule has 182 valence electrons. The molecule has 0 bridgehead atoms. The highest BCUT2D eigenvalue weighted by Crippen LogP contribution is 2.28. The Labute approximate surface area is 192 Å². The molecule has 1 heterocycles. The third kappa shape index (κ3) is 7.19. The molecular formula is C23H21F5N2O4. The van der Waals surface area contributed by atoms with E-state index in [1.165, 1.54) is 41.3 Å². The summed E-state index contributed by atoms with van der Waals surface area (Å²) in [6.07, 6.45) is 2.50. The van der Waals surface area contributed by atoms with Crippen molar-refractivity contribution in [2.75, 3.05) is 26.2 Å². The number of alkyl halides is 4. The summed E-state index contributed by atoms with van der Waals surface area (Å²) in [5.74, 6) is -1.73. The van der Waals surface area contributed by atoms with Gasteiger partial charge in [-0.2, -0.15) is 17.6 Å². The maximum Gasteiger partial charge on any atom is 0.387 e. The maximum atomic E-state index is 13.0. The zero-order valence-electron chi connectivity index (χ0n) is 17.8. The first-order chi connectivity index (χ1) is 16.2. The minimum atomic E-state index is -3.20. The number of ether oxygens (including phenoxy) is 2. The van der Waals surface area contributed by atoms with Crippen molar-refractivity contribution in [3.05, 3.63) is 65.5 Å². The van der Waals surface area contributed by atoms with Gasteiger partial charge in [-0.3, -0.25) is 9.59 Å². The van der Waals surface area contributed by atoms with Crippen molar-refractivity contribution in [3.8, 4) is 11.5 Å². The molecule has 3 rings (SSSR count). The third-order valence-corrected chi connectivity index (χ3v) is 5.04. The Morgan fingerprint density at radius 3 is 2.12 bits per heavy atom. The van der Waals surface area contributed by atoms with Gasteiger partial charge in [-0.1, -0.05) is 12.1 Å². The summed E-state index contributed by atoms with van der Waals surface area (Å²) in [6.45, 7) is -5.20. The Balaban J connectivity index is 1.57. The van der Waals surface area contributed by atoms with Gasteiger partial charge in [0.1, 0.15) is 17.3 Å². The Morgan fingerprint density at radius 1 is 0.882 bits per heavy atom. The van der Waals surface area contributed by atoms with Crippen molar-refractivity contribution in [2.24, 2.45) is 0 Å². The summed E-state index contributed by atoms with van der Waals surface area (Å²) < 4.78 is 71.6. The fourth-order valence-electron chi connectivity index (χ4n) is 3.36. The highest BCUT2D eigenvalue weighted by Gasteiger charge is 2.23. The standard InChI is InChI=1S/C23H21F5N2O4/c24-17-5-1-15(2-6-17)13-21(32)30-11-9-29(10-12-30)20(31)8-4-16-3-7-18(33-22(25)26)14-19(16)34-23(27)28/h1-8,14,22-23H,9-13H2/b8-4+. The van der Waals surface area contributed by atoms with Gasteiger partial charge in [0.15, 0.2) is 0 Å². The van der Waals surface area contributed by atoms with Crippen molar-refractivity contribution < 1.29 is 41.0 Å². The number of nitrogens with zero attached hydrogens (tertiary/aromatic N) is 2. The smallest absolute Gasteiger partial charge is 0.387 e. The van der Waals surface area contributed by atoms with Crippen LogP contribution in [0, 0.1) is 5.82 Å². The zero-order chi connectivity index (χ0) is 24.7. The van der Waals surface area contributed by atoms with Crippen molar-refractivity contribution in [3.63, 3.8) is 0 Å². The van der Waals surface area contributed by atoms with Crippen LogP contribution in [0.1, 0.15) is 11.1 Å². The minimum Gasteiger partial charge on any atom is -0.435 e. The van der Waals surface area contributed by atoms with Crippen LogP contribution in [0.25, 0.3) is 6.08 Å². The summed E-state index contributed by atoms with van der Waals surface area (Å²) in [6, 6.07) is 8.87. The second-order valence-electron chi connectivity index (χ2n) is 7.30. The molecule has 2 aromatic rings. The molecule has 0 unspecified atom stereocenters. The van der Waals surface area contributed by atoms with Gasteiger partial charge in [-0.15, -0.1) is 0 Å². The molecule has 2 aromatic carbocycles. The van der Waals surface area contributed by atoms with E-state index in [-0.39, 0.29) is 42.5 Å². The van der Waals surface area contributed by atoms with Crippen LogP contribution in [0.4, 0.5) is 22.0 Å². The van der Waals surface area contributed by atoms with E-state index in [0.717, 1.165) is 18.2 Å². The van der Waals surface area contributed by atoms with Crippen LogP contribution in [0.3, 0.4) is 0 Å². The fraction of sp³-hybridized carbons (Fsp3) is 0.304. The Hall–Kier alpha value is -3.63. The van der Waals surface area contributed by atoms with E-state index in [1.54, 1.807) is 4.90 Å². The lowest BCUT2D eigenvalue weighted by atomic mass is 10.1. The number of amides is 2. The number of carbonyl (C=O) groups is 2. The number of benzene rings is 2. The van der Waals surface area contributed by atoms with Gasteiger partial charge in [-0.25, -0.2) is 4.39 Å². The van der Waals surface area contributed by atoms with Crippen molar-refractivity contribution in [1.29, 1.82) is 0 Å². The van der Waals surface area contributed by atoms with Crippen LogP contribution in [0.15, 0.2) is 48.5 Å². The number of piperazine rings is 1. The average Bonchev–Trinajstić information content (AvgIpc) is 2.79. The van der Waals surface area contributed by atoms with E-state index in [4.69, 9.17) is 0 Å². The Bertz CT molecular complexity index is 1020. The van der Waals surface area contributed by atoms with Crippen LogP contribution in [-0.4, -0.2) is 61.0 Å². The van der Waals surface area contributed by atoms with E-state index >= 15 is 0 Å². The second kappa shape index (κ2) is 11.5. The first kappa shape index (κ1) is 25.0. The van der Waals surface area contributed by atoms with Crippen LogP contribution in [-0.2, 0) is 16.0 Å². The summed E-state index contributed by atoms with van der Waals surface area (Å²) in [5.41, 5.74) is 0.753. The lowest BCUT2D eigenvalue weighted by molar-refractivity contribution is -0.136. The van der Waals surface area contributed by atoms with E-state index in [0.29, 0.717) is 18.7 Å². The largest absolute Gasteiger partial charge is 0.435 e. The molecule has 0 aliphatic carbocycles. The molecule has 34 heavy (non-hydrogen) atoms. The van der Waals surface area contributed by atoms with Crippen LogP contribution >= 0.6 is 0 Å². The summed E-state index contributed by atoms with van der Waals surface area (Å²) in [5, 5.41) is 0. The average molecular weight is 484 g/mol. The lowest BCUT2D eigenvalue weighted by Crippen LogP contribution is -2.50. The fourth-order valence-corrected chi connectivity index (χ4v) is 3.36. The van der Waals surface area contributed by atoms with Crippen LogP contribution < -0.4 is 9.47 Å². The predicted molar refractivity (Wildman–Crippen MR) is 112 cm³/mol. The molecule has 6 nitrogen and oxygen atoms in total. The molecule has 2 amide bonds. The van der Waals surface area contributed by atoms with Gasteiger partial charge in [-0.05, 0) is 35.9 Å². The second-order valence-corrected chi connectivity index (χ2v) is 7.30. The van der Waals surface area contributed by atoms with E-state index in [2.05, 4.69) is 9.47 Å². The van der Waals surface area contributed by atoms with Gasteiger partial charge in [0.25, 0.3) is 0 Å². The normalized spacial score (nSPS) is 14.2. The van der Waals surface area contributed by atoms with E-state index in [1.807, 2.05) is 0 Å². The number of hydrogen-bond donors (Lipinski definition) is 0. The molecule has 0 atom stereocenters. The summed E-state index contributed by atoms with van der Waals surface area (Å²) in [7, 11) is 0. The topological polar surface area (TPSA) is 59.1 Å². The lowest BCUT2D eigenvalue weighted by Gasteiger charge is -2.34. The molecule has 0 spiro atoms. The van der Waals surface area contributed by atoms with E-state index in [9.17, 15) is 31.5 Å². The molecule has 0 N–H and O–H groups in total. The molecule has 1 aliphatic heterocycles. The summed E-state index contributed by atoms with van der Waals surface area (Å²) >= 11 is 0. The first-order valence-electron chi connectivity index (χ1n) is 10.2. The van der Waals surface area contributed by atoms with Crippen LogP contribution in [0.5, 0.6) is 11.5 Å². The quantitative estimate of drug-likeness (QED) is 0.421. The minimum absolute atomic E-state index is 0.0726. The van der Waals surface area contributed by atoms with Crippen molar-refractivity contribution >= 4 is 17.9 Å². The van der Waals surface area contributed by atoms with E-state index < -0.39 is 24.9 Å². The number of rotatable bonds is 8. The zero-order valence-corrected chi connectivity index (χ0v) is 17.8. The van der Waals surface area contributed by atoms with Crippen molar-refractivity contribution in [1.82, 2.24) is 9.80 Å². The van der Waals surface area contributed by atoms with Crippen LogP contribution in [0.2, 0.25) is 0 Å². The molecule has 0 saturated carbocycles. The van der Waals surface area contributed by atoms with Gasteiger partial charge in [0.05, 0.1) is 6.42 Å². The number of carbonyl (C=O) groups excluding carboxylic acids is 2. The monoisotopic (exact) mass is 484 g/mol.